The predicted molar refractivity (Wildman–Crippen MR) is 140 cm³/mol. The van der Waals surface area contributed by atoms with Gasteiger partial charge in [0.2, 0.25) is 5.75 Å². The smallest absolute Gasteiger partial charge is 0.259 e. The molecule has 2 aromatic carbocycles. The van der Waals surface area contributed by atoms with E-state index in [0.29, 0.717) is 45.2 Å². The molecule has 1 aliphatic rings. The Kier molecular flexibility index (Phi) is 7.60. The average Bonchev–Trinajstić information content (AvgIpc) is 3.24. The van der Waals surface area contributed by atoms with Crippen molar-refractivity contribution < 1.29 is 23.7 Å². The van der Waals surface area contributed by atoms with E-state index < -0.39 is 0 Å². The fourth-order valence-electron chi connectivity index (χ4n) is 4.35. The van der Waals surface area contributed by atoms with E-state index in [1.54, 1.807) is 52.1 Å². The fraction of sp³-hybridized carbons (Fsp3) is 0.333. The Labute approximate surface area is 209 Å². The summed E-state index contributed by atoms with van der Waals surface area (Å²) in [5.41, 5.74) is 3.06. The number of benzene rings is 2. The predicted octanol–water partition coefficient (Wildman–Crippen LogP) is 5.91. The van der Waals surface area contributed by atoms with E-state index in [1.165, 1.54) is 4.88 Å². The molecule has 1 amide bonds. The molecule has 0 spiro atoms. The third-order valence-electron chi connectivity index (χ3n) is 6.13. The molecule has 0 aliphatic heterocycles. The summed E-state index contributed by atoms with van der Waals surface area (Å²) in [6.07, 6.45) is 4.56. The van der Waals surface area contributed by atoms with E-state index in [2.05, 4.69) is 12.2 Å². The molecule has 3 aromatic rings. The van der Waals surface area contributed by atoms with Crippen LogP contribution in [-0.4, -0.2) is 40.6 Å². The van der Waals surface area contributed by atoms with Crippen LogP contribution in [0.5, 0.6) is 23.0 Å². The number of anilines is 1. The molecule has 0 saturated carbocycles. The van der Waals surface area contributed by atoms with Crippen LogP contribution in [0.4, 0.5) is 10.7 Å². The van der Waals surface area contributed by atoms with Crippen molar-refractivity contribution in [2.24, 2.45) is 10.9 Å². The lowest BCUT2D eigenvalue weighted by Gasteiger charge is -2.18. The molecule has 0 unspecified atom stereocenters. The molecule has 184 valence electrons. The molecule has 0 saturated heterocycles. The number of para-hydroxylation sites is 2. The summed E-state index contributed by atoms with van der Waals surface area (Å²) < 4.78 is 21.9. The number of carbonyl (C=O) groups excluding carboxylic acids is 1. The summed E-state index contributed by atoms with van der Waals surface area (Å²) in [5, 5.41) is 3.70. The highest BCUT2D eigenvalue weighted by Crippen LogP contribution is 2.43. The van der Waals surface area contributed by atoms with Crippen LogP contribution in [0.15, 0.2) is 41.4 Å². The van der Waals surface area contributed by atoms with Gasteiger partial charge in [-0.15, -0.1) is 11.3 Å². The third-order valence-corrected chi connectivity index (χ3v) is 7.29. The van der Waals surface area contributed by atoms with Crippen molar-refractivity contribution in [3.8, 4) is 23.0 Å². The molecule has 1 heterocycles. The van der Waals surface area contributed by atoms with Crippen molar-refractivity contribution in [3.05, 3.63) is 58.0 Å². The zero-order valence-electron chi connectivity index (χ0n) is 20.6. The van der Waals surface area contributed by atoms with Gasteiger partial charge in [0.1, 0.15) is 10.8 Å². The second kappa shape index (κ2) is 10.8. The van der Waals surface area contributed by atoms with Gasteiger partial charge in [-0.2, -0.15) is 0 Å². The Morgan fingerprint density at radius 3 is 2.46 bits per heavy atom. The quantitative estimate of drug-likeness (QED) is 0.394. The minimum Gasteiger partial charge on any atom is -0.495 e. The molecule has 0 radical (unpaired) electrons. The Morgan fingerprint density at radius 2 is 1.74 bits per heavy atom. The monoisotopic (exact) mass is 494 g/mol. The highest BCUT2D eigenvalue weighted by atomic mass is 32.1. The van der Waals surface area contributed by atoms with Crippen molar-refractivity contribution in [2.45, 2.75) is 26.2 Å². The number of nitrogens with zero attached hydrogens (tertiary/aromatic N) is 1. The molecule has 35 heavy (non-hydrogen) atoms. The lowest BCUT2D eigenvalue weighted by Crippen LogP contribution is -2.17. The Balaban J connectivity index is 1.75. The summed E-state index contributed by atoms with van der Waals surface area (Å²) in [6, 6.07) is 11.0. The highest BCUT2D eigenvalue weighted by molar-refractivity contribution is 7.16. The molecule has 4 rings (SSSR count). The summed E-state index contributed by atoms with van der Waals surface area (Å²) >= 11 is 1.58. The standard InChI is InChI=1S/C27H30N2O5S/c1-16-10-12-18-22(14-16)35-27(23(18)26(30)29-19-8-6-7-9-20(19)31-2)28-15-17-11-13-21(32-3)25(34-5)24(17)33-4/h6-9,11,13,15-16H,10,12,14H2,1-5H3,(H,29,30)/t16-/m0/s1. The van der Waals surface area contributed by atoms with Gasteiger partial charge in [-0.05, 0) is 55.0 Å². The number of methoxy groups -OCH3 is 4. The normalized spacial score (nSPS) is 14.9. The van der Waals surface area contributed by atoms with Crippen LogP contribution in [0.2, 0.25) is 0 Å². The van der Waals surface area contributed by atoms with Crippen LogP contribution in [-0.2, 0) is 12.8 Å². The molecule has 8 heteroatoms. The van der Waals surface area contributed by atoms with E-state index >= 15 is 0 Å². The Bertz CT molecular complexity index is 1250. The SMILES string of the molecule is COc1ccccc1NC(=O)c1c(N=Cc2ccc(OC)c(OC)c2OC)sc2c1CC[C@H](C)C2. The number of carbonyl (C=O) groups is 1. The molecule has 1 aromatic heterocycles. The van der Waals surface area contributed by atoms with E-state index in [1.807, 2.05) is 30.3 Å². The molecule has 1 atom stereocenters. The van der Waals surface area contributed by atoms with Crippen molar-refractivity contribution in [3.63, 3.8) is 0 Å². The summed E-state index contributed by atoms with van der Waals surface area (Å²) in [7, 11) is 6.31. The maximum absolute atomic E-state index is 13.5. The first kappa shape index (κ1) is 24.6. The molecule has 7 nitrogen and oxygen atoms in total. The number of nitrogens with one attached hydrogen (secondary N) is 1. The van der Waals surface area contributed by atoms with Gasteiger partial charge in [-0.25, -0.2) is 4.99 Å². The van der Waals surface area contributed by atoms with Crippen LogP contribution < -0.4 is 24.3 Å². The number of aliphatic imine (C=N–C) groups is 1. The highest BCUT2D eigenvalue weighted by Gasteiger charge is 2.28. The van der Waals surface area contributed by atoms with Gasteiger partial charge in [0, 0.05) is 16.7 Å². The van der Waals surface area contributed by atoms with Gasteiger partial charge in [-0.1, -0.05) is 19.1 Å². The lowest BCUT2D eigenvalue weighted by molar-refractivity contribution is 0.102. The van der Waals surface area contributed by atoms with E-state index in [0.717, 1.165) is 30.4 Å². The van der Waals surface area contributed by atoms with E-state index in [-0.39, 0.29) is 5.91 Å². The van der Waals surface area contributed by atoms with Gasteiger partial charge >= 0.3 is 0 Å². The Hall–Kier alpha value is -3.52. The number of hydrogen-bond acceptors (Lipinski definition) is 7. The van der Waals surface area contributed by atoms with Crippen LogP contribution in [0, 0.1) is 5.92 Å². The molecular formula is C27H30N2O5S. The number of fused-ring (bicyclic) bond motifs is 1. The molecule has 0 bridgehead atoms. The van der Waals surface area contributed by atoms with Crippen LogP contribution in [0.1, 0.15) is 39.7 Å². The number of hydrogen-bond donors (Lipinski definition) is 1. The zero-order chi connectivity index (χ0) is 24.9. The van der Waals surface area contributed by atoms with Gasteiger partial charge < -0.3 is 24.3 Å². The second-order valence-corrected chi connectivity index (χ2v) is 9.45. The third kappa shape index (κ3) is 4.98. The lowest BCUT2D eigenvalue weighted by atomic mass is 9.88. The number of amides is 1. The topological polar surface area (TPSA) is 78.4 Å². The van der Waals surface area contributed by atoms with Crippen molar-refractivity contribution >= 4 is 34.1 Å². The van der Waals surface area contributed by atoms with Gasteiger partial charge in [0.05, 0.1) is 39.7 Å². The second-order valence-electron chi connectivity index (χ2n) is 8.37. The molecule has 1 N–H and O–H groups in total. The number of rotatable bonds is 8. The van der Waals surface area contributed by atoms with Crippen LogP contribution in [0.3, 0.4) is 0 Å². The number of ether oxygens (including phenoxy) is 4. The average molecular weight is 495 g/mol. The summed E-state index contributed by atoms with van der Waals surface area (Å²) in [4.78, 5) is 19.5. The van der Waals surface area contributed by atoms with E-state index in [4.69, 9.17) is 23.9 Å². The Morgan fingerprint density at radius 1 is 1.00 bits per heavy atom. The van der Waals surface area contributed by atoms with Gasteiger partial charge in [0.15, 0.2) is 11.5 Å². The molecule has 0 fully saturated rings. The van der Waals surface area contributed by atoms with Crippen LogP contribution >= 0.6 is 11.3 Å². The van der Waals surface area contributed by atoms with Crippen LogP contribution in [0.25, 0.3) is 0 Å². The maximum Gasteiger partial charge on any atom is 0.259 e. The minimum absolute atomic E-state index is 0.187. The summed E-state index contributed by atoms with van der Waals surface area (Å²) in [5.74, 6) is 2.58. The van der Waals surface area contributed by atoms with Crippen molar-refractivity contribution in [1.82, 2.24) is 0 Å². The maximum atomic E-state index is 13.5. The largest absolute Gasteiger partial charge is 0.495 e. The molecular weight excluding hydrogens is 464 g/mol. The first-order chi connectivity index (χ1) is 17.0. The van der Waals surface area contributed by atoms with Crippen molar-refractivity contribution in [1.29, 1.82) is 0 Å². The number of thiophene rings is 1. The molecule has 1 aliphatic carbocycles. The minimum atomic E-state index is -0.187. The zero-order valence-corrected chi connectivity index (χ0v) is 21.5. The summed E-state index contributed by atoms with van der Waals surface area (Å²) in [6.45, 7) is 2.24. The van der Waals surface area contributed by atoms with Crippen molar-refractivity contribution in [2.75, 3.05) is 33.8 Å². The van der Waals surface area contributed by atoms with Gasteiger partial charge in [0.25, 0.3) is 5.91 Å². The van der Waals surface area contributed by atoms with E-state index in [9.17, 15) is 4.79 Å². The first-order valence-electron chi connectivity index (χ1n) is 11.4. The van der Waals surface area contributed by atoms with Gasteiger partial charge in [-0.3, -0.25) is 4.79 Å². The first-order valence-corrected chi connectivity index (χ1v) is 12.2. The fourth-order valence-corrected chi connectivity index (χ4v) is 5.70.